The van der Waals surface area contributed by atoms with Gasteiger partial charge in [-0.15, -0.1) is 0 Å². The monoisotopic (exact) mass is 380 g/mol. The largest absolute Gasteiger partial charge is 0.494 e. The van der Waals surface area contributed by atoms with Crippen molar-refractivity contribution < 1.29 is 9.53 Å². The number of benzene rings is 2. The van der Waals surface area contributed by atoms with Crippen LogP contribution in [0, 0.1) is 0 Å². The molecule has 6 nitrogen and oxygen atoms in total. The zero-order chi connectivity index (χ0) is 19.2. The van der Waals surface area contributed by atoms with Crippen LogP contribution >= 0.6 is 12.2 Å². The molecule has 3 rings (SSSR count). The number of fused-ring (bicyclic) bond motifs is 1. The molecule has 3 N–H and O–H groups in total. The van der Waals surface area contributed by atoms with Gasteiger partial charge in [0.15, 0.2) is 5.11 Å². The van der Waals surface area contributed by atoms with E-state index in [2.05, 4.69) is 16.2 Å². The summed E-state index contributed by atoms with van der Waals surface area (Å²) in [5, 5.41) is 3.84. The zero-order valence-electron chi connectivity index (χ0n) is 15.1. The average Bonchev–Trinajstić information content (AvgIpc) is 2.71. The fraction of sp³-hybridized carbons (Fsp3) is 0.150. The number of nitrogens with one attached hydrogen (secondary N) is 3. The Morgan fingerprint density at radius 1 is 1.11 bits per heavy atom. The first-order chi connectivity index (χ1) is 13.1. The standard InChI is InChI=1S/C20H20N4O2S/c1-3-26-14-10-8-13(9-11-14)18-12-16(19(25)23-24-20(27)21-2)15-6-4-5-7-17(15)22-18/h4-12H,3H2,1-2H3,(H,23,25)(H2,21,24,27). The molecule has 1 amide bonds. The molecule has 0 aliphatic heterocycles. The van der Waals surface area contributed by atoms with E-state index >= 15 is 0 Å². The van der Waals surface area contributed by atoms with Gasteiger partial charge in [0.05, 0.1) is 23.4 Å². The number of pyridine rings is 1. The molecule has 27 heavy (non-hydrogen) atoms. The van der Waals surface area contributed by atoms with Crippen LogP contribution in [0.1, 0.15) is 17.3 Å². The second-order valence-corrected chi connectivity index (χ2v) is 6.10. The second-order valence-electron chi connectivity index (χ2n) is 5.69. The molecule has 0 aliphatic rings. The Bertz CT molecular complexity index is 973. The van der Waals surface area contributed by atoms with Gasteiger partial charge in [-0.1, -0.05) is 18.2 Å². The first-order valence-electron chi connectivity index (χ1n) is 8.53. The van der Waals surface area contributed by atoms with Crippen molar-refractivity contribution in [2.75, 3.05) is 13.7 Å². The van der Waals surface area contributed by atoms with Gasteiger partial charge in [0.25, 0.3) is 5.91 Å². The maximum absolute atomic E-state index is 12.7. The predicted molar refractivity (Wildman–Crippen MR) is 111 cm³/mol. The third kappa shape index (κ3) is 4.32. The maximum atomic E-state index is 12.7. The number of rotatable bonds is 4. The van der Waals surface area contributed by atoms with Gasteiger partial charge in [-0.25, -0.2) is 4.98 Å². The molecular weight excluding hydrogens is 360 g/mol. The lowest BCUT2D eigenvalue weighted by Crippen LogP contribution is -2.45. The Labute approximate surface area is 162 Å². The molecule has 2 aromatic carbocycles. The maximum Gasteiger partial charge on any atom is 0.270 e. The highest BCUT2D eigenvalue weighted by Gasteiger charge is 2.14. The number of carbonyl (C=O) groups excluding carboxylic acids is 1. The Balaban J connectivity index is 1.99. The molecule has 0 unspecified atom stereocenters. The first-order valence-corrected chi connectivity index (χ1v) is 8.94. The van der Waals surface area contributed by atoms with Gasteiger partial charge in [-0.05, 0) is 55.5 Å². The number of thiocarbonyl (C=S) groups is 1. The lowest BCUT2D eigenvalue weighted by atomic mass is 10.0. The van der Waals surface area contributed by atoms with Gasteiger partial charge in [-0.3, -0.25) is 15.6 Å². The van der Waals surface area contributed by atoms with Gasteiger partial charge >= 0.3 is 0 Å². The Hall–Kier alpha value is -3.19. The van der Waals surface area contributed by atoms with Crippen LogP contribution in [0.15, 0.2) is 54.6 Å². The quantitative estimate of drug-likeness (QED) is 0.477. The molecule has 3 aromatic rings. The SMILES string of the molecule is CCOc1ccc(-c2cc(C(=O)NNC(=S)NC)c3ccccc3n2)cc1. The van der Waals surface area contributed by atoms with Crippen molar-refractivity contribution in [2.24, 2.45) is 0 Å². The normalized spacial score (nSPS) is 10.3. The lowest BCUT2D eigenvalue weighted by molar-refractivity contribution is 0.0945. The number of aromatic nitrogens is 1. The van der Waals surface area contributed by atoms with Gasteiger partial charge in [0.1, 0.15) is 5.75 Å². The highest BCUT2D eigenvalue weighted by atomic mass is 32.1. The van der Waals surface area contributed by atoms with Crippen LogP contribution in [0.4, 0.5) is 0 Å². The van der Waals surface area contributed by atoms with Crippen molar-refractivity contribution in [1.82, 2.24) is 21.2 Å². The fourth-order valence-corrected chi connectivity index (χ4v) is 2.69. The number of ether oxygens (including phenoxy) is 1. The molecule has 1 aromatic heterocycles. The Morgan fingerprint density at radius 3 is 2.56 bits per heavy atom. The topological polar surface area (TPSA) is 75.3 Å². The summed E-state index contributed by atoms with van der Waals surface area (Å²) in [7, 11) is 1.67. The number of amides is 1. The number of hydrogen-bond acceptors (Lipinski definition) is 4. The van der Waals surface area contributed by atoms with Crippen LogP contribution in [0.3, 0.4) is 0 Å². The van der Waals surface area contributed by atoms with E-state index in [0.29, 0.717) is 23.0 Å². The molecule has 0 fully saturated rings. The van der Waals surface area contributed by atoms with Gasteiger partial charge in [-0.2, -0.15) is 0 Å². The molecule has 0 radical (unpaired) electrons. The highest BCUT2D eigenvalue weighted by Crippen LogP contribution is 2.26. The third-order valence-corrected chi connectivity index (χ3v) is 4.24. The van der Waals surface area contributed by atoms with Crippen molar-refractivity contribution in [3.8, 4) is 17.0 Å². The van der Waals surface area contributed by atoms with Crippen molar-refractivity contribution in [2.45, 2.75) is 6.92 Å². The molecule has 0 saturated heterocycles. The van der Waals surface area contributed by atoms with E-state index in [1.165, 1.54) is 0 Å². The van der Waals surface area contributed by atoms with E-state index in [9.17, 15) is 4.79 Å². The van der Waals surface area contributed by atoms with Gasteiger partial charge in [0, 0.05) is 18.0 Å². The van der Waals surface area contributed by atoms with Crippen LogP contribution in [0.25, 0.3) is 22.2 Å². The Morgan fingerprint density at radius 2 is 1.85 bits per heavy atom. The highest BCUT2D eigenvalue weighted by molar-refractivity contribution is 7.80. The van der Waals surface area contributed by atoms with Crippen LogP contribution in [-0.4, -0.2) is 29.7 Å². The summed E-state index contributed by atoms with van der Waals surface area (Å²) in [5.41, 5.74) is 8.12. The van der Waals surface area contributed by atoms with E-state index in [0.717, 1.165) is 22.2 Å². The molecule has 7 heteroatoms. The molecule has 0 bridgehead atoms. The van der Waals surface area contributed by atoms with Crippen LogP contribution in [-0.2, 0) is 0 Å². The van der Waals surface area contributed by atoms with Crippen LogP contribution < -0.4 is 20.9 Å². The minimum absolute atomic E-state index is 0.293. The number of nitrogens with zero attached hydrogens (tertiary/aromatic N) is 1. The number of carbonyl (C=O) groups is 1. The molecule has 0 spiro atoms. The summed E-state index contributed by atoms with van der Waals surface area (Å²) in [4.78, 5) is 17.4. The second kappa shape index (κ2) is 8.46. The fourth-order valence-electron chi connectivity index (χ4n) is 2.64. The molecule has 0 atom stereocenters. The summed E-state index contributed by atoms with van der Waals surface area (Å²) in [6, 6.07) is 16.9. The minimum atomic E-state index is -0.293. The van der Waals surface area contributed by atoms with Gasteiger partial charge in [0.2, 0.25) is 0 Å². The summed E-state index contributed by atoms with van der Waals surface area (Å²) in [5.74, 6) is 0.503. The Kier molecular flexibility index (Phi) is 5.83. The van der Waals surface area contributed by atoms with E-state index in [1.807, 2.05) is 55.5 Å². The third-order valence-electron chi connectivity index (χ3n) is 3.94. The van der Waals surface area contributed by atoms with Crippen LogP contribution in [0.2, 0.25) is 0 Å². The molecular formula is C20H20N4O2S. The number of para-hydroxylation sites is 1. The summed E-state index contributed by atoms with van der Waals surface area (Å²) < 4.78 is 5.48. The summed E-state index contributed by atoms with van der Waals surface area (Å²) >= 11 is 4.99. The number of hydrazine groups is 1. The summed E-state index contributed by atoms with van der Waals surface area (Å²) in [6.07, 6.45) is 0. The van der Waals surface area contributed by atoms with Crippen molar-refractivity contribution in [3.05, 3.63) is 60.2 Å². The van der Waals surface area contributed by atoms with Crippen LogP contribution in [0.5, 0.6) is 5.75 Å². The van der Waals surface area contributed by atoms with E-state index < -0.39 is 0 Å². The zero-order valence-corrected chi connectivity index (χ0v) is 15.9. The van der Waals surface area contributed by atoms with E-state index in [-0.39, 0.29) is 5.91 Å². The lowest BCUT2D eigenvalue weighted by Gasteiger charge is -2.12. The minimum Gasteiger partial charge on any atom is -0.494 e. The van der Waals surface area contributed by atoms with Crippen molar-refractivity contribution >= 4 is 34.1 Å². The molecule has 0 saturated carbocycles. The average molecular weight is 380 g/mol. The summed E-state index contributed by atoms with van der Waals surface area (Å²) in [6.45, 7) is 2.55. The predicted octanol–water partition coefficient (Wildman–Crippen LogP) is 3.04. The smallest absolute Gasteiger partial charge is 0.270 e. The molecule has 138 valence electrons. The van der Waals surface area contributed by atoms with Crippen molar-refractivity contribution in [1.29, 1.82) is 0 Å². The number of hydrogen-bond donors (Lipinski definition) is 3. The molecule has 1 heterocycles. The van der Waals surface area contributed by atoms with E-state index in [1.54, 1.807) is 13.1 Å². The van der Waals surface area contributed by atoms with Crippen molar-refractivity contribution in [3.63, 3.8) is 0 Å². The first kappa shape index (κ1) is 18.6. The van der Waals surface area contributed by atoms with E-state index in [4.69, 9.17) is 21.9 Å². The van der Waals surface area contributed by atoms with Gasteiger partial charge < -0.3 is 10.1 Å². The molecule has 0 aliphatic carbocycles.